The molecule has 110 valence electrons. The molecule has 0 N–H and O–H groups in total. The van der Waals surface area contributed by atoms with Crippen LogP contribution in [0.15, 0.2) is 24.3 Å². The average Bonchev–Trinajstić information content (AvgIpc) is 2.41. The van der Waals surface area contributed by atoms with Crippen molar-refractivity contribution in [1.29, 1.82) is 0 Å². The maximum absolute atomic E-state index is 13.8. The summed E-state index contributed by atoms with van der Waals surface area (Å²) in [4.78, 5) is 11.9. The highest BCUT2D eigenvalue weighted by atomic mass is 35.5. The molecule has 0 unspecified atom stereocenters. The molecule has 21 heavy (non-hydrogen) atoms. The second-order valence-electron chi connectivity index (χ2n) is 4.14. The number of hydrogen-bond acceptors (Lipinski definition) is 2. The summed E-state index contributed by atoms with van der Waals surface area (Å²) in [6, 6.07) is 4.64. The Morgan fingerprint density at radius 1 is 1.05 bits per heavy atom. The third-order valence-electron chi connectivity index (χ3n) is 2.67. The Morgan fingerprint density at radius 3 is 2.33 bits per heavy atom. The van der Waals surface area contributed by atoms with Gasteiger partial charge in [-0.25, -0.2) is 13.6 Å². The number of aryl methyl sites for hydroxylation is 1. The first kappa shape index (κ1) is 16.0. The van der Waals surface area contributed by atoms with Gasteiger partial charge in [-0.05, 0) is 24.6 Å². The van der Waals surface area contributed by atoms with Crippen LogP contribution in [0.25, 0.3) is 0 Å². The van der Waals surface area contributed by atoms with Gasteiger partial charge in [-0.1, -0.05) is 40.9 Å². The lowest BCUT2D eigenvalue weighted by Crippen LogP contribution is -2.14. The minimum absolute atomic E-state index is 0.00813. The Hall–Kier alpha value is -1.36. The van der Waals surface area contributed by atoms with Crippen LogP contribution in [0.1, 0.15) is 15.9 Å². The maximum Gasteiger partial charge on any atom is 0.349 e. The zero-order valence-electron chi connectivity index (χ0n) is 10.5. The van der Waals surface area contributed by atoms with Crippen LogP contribution in [0.5, 0.6) is 5.75 Å². The number of benzene rings is 2. The summed E-state index contributed by atoms with van der Waals surface area (Å²) in [5, 5.41) is 0.245. The van der Waals surface area contributed by atoms with Crippen molar-refractivity contribution in [2.75, 3.05) is 0 Å². The summed E-state index contributed by atoms with van der Waals surface area (Å²) >= 11 is 17.3. The number of rotatable bonds is 2. The molecule has 0 heterocycles. The summed E-state index contributed by atoms with van der Waals surface area (Å²) in [5.74, 6) is -3.37. The Morgan fingerprint density at radius 2 is 1.67 bits per heavy atom. The van der Waals surface area contributed by atoms with Gasteiger partial charge in [0.1, 0.15) is 17.2 Å². The highest BCUT2D eigenvalue weighted by Gasteiger charge is 2.22. The first-order valence-corrected chi connectivity index (χ1v) is 6.76. The second-order valence-corrected chi connectivity index (χ2v) is 5.36. The van der Waals surface area contributed by atoms with E-state index in [9.17, 15) is 13.6 Å². The first-order valence-electron chi connectivity index (χ1n) is 5.62. The lowest BCUT2D eigenvalue weighted by molar-refractivity contribution is 0.0724. The van der Waals surface area contributed by atoms with Crippen molar-refractivity contribution >= 4 is 40.8 Å². The van der Waals surface area contributed by atoms with Gasteiger partial charge in [-0.15, -0.1) is 0 Å². The number of esters is 1. The number of ether oxygens (including phenoxy) is 1. The molecule has 0 aliphatic heterocycles. The lowest BCUT2D eigenvalue weighted by atomic mass is 10.1. The zero-order valence-corrected chi connectivity index (χ0v) is 12.8. The van der Waals surface area contributed by atoms with Crippen molar-refractivity contribution in [1.82, 2.24) is 0 Å². The molecule has 0 aliphatic rings. The number of carbonyl (C=O) groups excluding carboxylic acids is 1. The van der Waals surface area contributed by atoms with Crippen LogP contribution < -0.4 is 4.74 Å². The highest BCUT2D eigenvalue weighted by Crippen LogP contribution is 2.34. The molecule has 0 amide bonds. The maximum atomic E-state index is 13.8. The van der Waals surface area contributed by atoms with Gasteiger partial charge in [-0.2, -0.15) is 0 Å². The molecular weight excluding hydrogens is 345 g/mol. The fourth-order valence-electron chi connectivity index (χ4n) is 1.58. The van der Waals surface area contributed by atoms with E-state index in [4.69, 9.17) is 39.5 Å². The largest absolute Gasteiger partial charge is 0.421 e. The van der Waals surface area contributed by atoms with Crippen molar-refractivity contribution in [3.8, 4) is 5.75 Å². The smallest absolute Gasteiger partial charge is 0.349 e. The van der Waals surface area contributed by atoms with Gasteiger partial charge in [0.25, 0.3) is 0 Å². The van der Waals surface area contributed by atoms with Crippen LogP contribution in [0.4, 0.5) is 8.78 Å². The molecule has 2 rings (SSSR count). The molecule has 2 aromatic rings. The molecule has 0 bridgehead atoms. The summed E-state index contributed by atoms with van der Waals surface area (Å²) in [6.45, 7) is 1.40. The molecule has 7 heteroatoms. The number of carbonyl (C=O) groups is 1. The minimum Gasteiger partial charge on any atom is -0.421 e. The SMILES string of the molecule is Cc1ccc(F)c(C(=O)Oc2cc(Cl)c(Cl)cc2Cl)c1F. The van der Waals surface area contributed by atoms with E-state index in [1.54, 1.807) is 0 Å². The molecule has 0 saturated heterocycles. The van der Waals surface area contributed by atoms with E-state index in [2.05, 4.69) is 0 Å². The summed E-state index contributed by atoms with van der Waals surface area (Å²) in [7, 11) is 0. The molecule has 2 nitrogen and oxygen atoms in total. The van der Waals surface area contributed by atoms with E-state index in [1.807, 2.05) is 0 Å². The van der Waals surface area contributed by atoms with Gasteiger partial charge in [0.2, 0.25) is 0 Å². The van der Waals surface area contributed by atoms with Crippen molar-refractivity contribution in [2.24, 2.45) is 0 Å². The fourth-order valence-corrected chi connectivity index (χ4v) is 2.15. The number of halogens is 5. The van der Waals surface area contributed by atoms with Crippen LogP contribution in [-0.2, 0) is 0 Å². The molecule has 0 spiro atoms. The van der Waals surface area contributed by atoms with Crippen LogP contribution in [0.2, 0.25) is 15.1 Å². The van der Waals surface area contributed by atoms with Gasteiger partial charge < -0.3 is 4.74 Å². The molecule has 0 atom stereocenters. The summed E-state index contributed by atoms with van der Waals surface area (Å²) < 4.78 is 32.3. The molecule has 0 radical (unpaired) electrons. The van der Waals surface area contributed by atoms with E-state index in [0.29, 0.717) is 0 Å². The van der Waals surface area contributed by atoms with Crippen molar-refractivity contribution in [2.45, 2.75) is 6.92 Å². The van der Waals surface area contributed by atoms with E-state index in [0.717, 1.165) is 6.07 Å². The molecule has 0 aliphatic carbocycles. The van der Waals surface area contributed by atoms with Crippen molar-refractivity contribution in [3.05, 3.63) is 62.1 Å². The lowest BCUT2D eigenvalue weighted by Gasteiger charge is -2.09. The van der Waals surface area contributed by atoms with Crippen molar-refractivity contribution < 1.29 is 18.3 Å². The predicted molar refractivity (Wildman–Crippen MR) is 77.5 cm³/mol. The average molecular weight is 352 g/mol. The third-order valence-corrected chi connectivity index (χ3v) is 3.68. The van der Waals surface area contributed by atoms with Gasteiger partial charge in [-0.3, -0.25) is 0 Å². The van der Waals surface area contributed by atoms with E-state index in [1.165, 1.54) is 25.1 Å². The van der Waals surface area contributed by atoms with E-state index in [-0.39, 0.29) is 26.4 Å². The van der Waals surface area contributed by atoms with Crippen LogP contribution in [0, 0.1) is 18.6 Å². The third kappa shape index (κ3) is 3.28. The molecule has 2 aromatic carbocycles. The molecular formula is C14H7Cl3F2O2. The van der Waals surface area contributed by atoms with Crippen LogP contribution in [-0.4, -0.2) is 5.97 Å². The van der Waals surface area contributed by atoms with Gasteiger partial charge in [0, 0.05) is 6.07 Å². The van der Waals surface area contributed by atoms with Crippen molar-refractivity contribution in [3.63, 3.8) is 0 Å². The molecule has 0 aromatic heterocycles. The Balaban J connectivity index is 2.40. The fraction of sp³-hybridized carbons (Fsp3) is 0.0714. The van der Waals surface area contributed by atoms with E-state index < -0.39 is 23.2 Å². The standard InChI is InChI=1S/C14H7Cl3F2O2/c1-6-2-3-10(18)12(13(6)19)14(20)21-11-5-8(16)7(15)4-9(11)17/h2-5H,1H3. The number of hydrogen-bond donors (Lipinski definition) is 0. The normalized spacial score (nSPS) is 10.6. The molecule has 0 fully saturated rings. The topological polar surface area (TPSA) is 26.3 Å². The summed E-state index contributed by atoms with van der Waals surface area (Å²) in [6.07, 6.45) is 0. The minimum atomic E-state index is -1.21. The Bertz CT molecular complexity index is 733. The predicted octanol–water partition coefficient (Wildman–Crippen LogP) is 5.45. The quantitative estimate of drug-likeness (QED) is 0.408. The van der Waals surface area contributed by atoms with Gasteiger partial charge >= 0.3 is 5.97 Å². The monoisotopic (exact) mass is 350 g/mol. The first-order chi connectivity index (χ1) is 9.81. The van der Waals surface area contributed by atoms with Crippen LogP contribution in [0.3, 0.4) is 0 Å². The van der Waals surface area contributed by atoms with Gasteiger partial charge in [0.15, 0.2) is 5.75 Å². The van der Waals surface area contributed by atoms with Gasteiger partial charge in [0.05, 0.1) is 15.1 Å². The Kier molecular flexibility index (Phi) is 4.71. The molecule has 0 saturated carbocycles. The highest BCUT2D eigenvalue weighted by molar-refractivity contribution is 6.43. The summed E-state index contributed by atoms with van der Waals surface area (Å²) in [5.41, 5.74) is -0.680. The van der Waals surface area contributed by atoms with Crippen LogP contribution >= 0.6 is 34.8 Å². The Labute approximate surface area is 134 Å². The second kappa shape index (κ2) is 6.18. The zero-order chi connectivity index (χ0) is 15.7. The van der Waals surface area contributed by atoms with E-state index >= 15 is 0 Å².